The number of hydrogen-bond acceptors (Lipinski definition) is 3. The molecule has 0 aliphatic rings. The zero-order valence-electron chi connectivity index (χ0n) is 11.7. The monoisotopic (exact) mass is 426 g/mol. The highest BCUT2D eigenvalue weighted by molar-refractivity contribution is 7.47. The van der Waals surface area contributed by atoms with E-state index in [0.717, 1.165) is 0 Å². The lowest BCUT2D eigenvalue weighted by molar-refractivity contribution is -0.369. The van der Waals surface area contributed by atoms with Crippen LogP contribution in [-0.2, 0) is 13.6 Å². The second kappa shape index (κ2) is 6.16. The minimum atomic E-state index is -7.20. The third-order valence-corrected chi connectivity index (χ3v) is 3.95. The highest BCUT2D eigenvalue weighted by Crippen LogP contribution is 2.61. The predicted molar refractivity (Wildman–Crippen MR) is 53.0 cm³/mol. The Morgan fingerprint density at radius 2 is 0.760 bits per heavy atom. The van der Waals surface area contributed by atoms with E-state index in [-0.39, 0.29) is 0 Å². The number of alkyl halides is 12. The Balaban J connectivity index is 6.06. The van der Waals surface area contributed by atoms with Crippen molar-refractivity contribution < 1.29 is 71.2 Å². The SMILES string of the molecule is CC(OP(=O)(O)OC(C)(C(F)(F)F)C(F)(F)F)(C(F)(F)F)C(F)(F)F. The van der Waals surface area contributed by atoms with Crippen molar-refractivity contribution in [3.63, 3.8) is 0 Å². The van der Waals surface area contributed by atoms with Crippen LogP contribution >= 0.6 is 7.82 Å². The van der Waals surface area contributed by atoms with Crippen LogP contribution in [0.15, 0.2) is 0 Å². The first kappa shape index (κ1) is 24.3. The second-order valence-electron chi connectivity index (χ2n) is 4.71. The van der Waals surface area contributed by atoms with Crippen LogP contribution in [0.25, 0.3) is 0 Å². The van der Waals surface area contributed by atoms with Crippen LogP contribution in [0.3, 0.4) is 0 Å². The predicted octanol–water partition coefficient (Wildman–Crippen LogP) is 4.89. The Morgan fingerprint density at radius 1 is 0.600 bits per heavy atom. The van der Waals surface area contributed by atoms with E-state index in [4.69, 9.17) is 4.89 Å². The average molecular weight is 426 g/mol. The van der Waals surface area contributed by atoms with Gasteiger partial charge in [-0.25, -0.2) is 4.57 Å². The van der Waals surface area contributed by atoms with E-state index >= 15 is 0 Å². The number of halogens is 12. The van der Waals surface area contributed by atoms with Crippen molar-refractivity contribution in [2.24, 2.45) is 0 Å². The molecule has 0 aliphatic heterocycles. The average Bonchev–Trinajstić information content (AvgIpc) is 2.20. The lowest BCUT2D eigenvalue weighted by atomic mass is 10.1. The maximum absolute atomic E-state index is 12.5. The highest BCUT2D eigenvalue weighted by Gasteiger charge is 2.75. The fraction of sp³-hybridized carbons (Fsp3) is 1.00. The molecule has 0 spiro atoms. The summed E-state index contributed by atoms with van der Waals surface area (Å²) >= 11 is 0. The molecule has 0 aromatic carbocycles. The molecular weight excluding hydrogens is 419 g/mol. The maximum Gasteiger partial charge on any atom is 0.474 e. The molecule has 0 bridgehead atoms. The van der Waals surface area contributed by atoms with Crippen molar-refractivity contribution in [3.05, 3.63) is 0 Å². The van der Waals surface area contributed by atoms with Crippen molar-refractivity contribution in [1.29, 1.82) is 0 Å². The first-order valence-electron chi connectivity index (χ1n) is 5.42. The highest BCUT2D eigenvalue weighted by atomic mass is 31.2. The van der Waals surface area contributed by atoms with Crippen molar-refractivity contribution in [3.8, 4) is 0 Å². The quantitative estimate of drug-likeness (QED) is 0.514. The summed E-state index contributed by atoms with van der Waals surface area (Å²) in [5.41, 5.74) is -11.2. The molecular formula is C8H7F12O4P. The Kier molecular flexibility index (Phi) is 5.98. The summed E-state index contributed by atoms with van der Waals surface area (Å²) in [4.78, 5) is 8.75. The van der Waals surface area contributed by atoms with Crippen LogP contribution < -0.4 is 0 Å². The van der Waals surface area contributed by atoms with Crippen molar-refractivity contribution in [2.45, 2.75) is 49.8 Å². The van der Waals surface area contributed by atoms with Gasteiger partial charge in [0.05, 0.1) is 0 Å². The molecule has 1 N–H and O–H groups in total. The molecule has 0 radical (unpaired) electrons. The molecule has 0 aromatic heterocycles. The molecule has 0 aliphatic carbocycles. The van der Waals surface area contributed by atoms with Crippen LogP contribution in [0.2, 0.25) is 0 Å². The van der Waals surface area contributed by atoms with Gasteiger partial charge < -0.3 is 4.89 Å². The summed E-state index contributed by atoms with van der Waals surface area (Å²) < 4.78 is 166. The van der Waals surface area contributed by atoms with Gasteiger partial charge in [0, 0.05) is 0 Å². The van der Waals surface area contributed by atoms with Crippen LogP contribution in [0, 0.1) is 0 Å². The van der Waals surface area contributed by atoms with Gasteiger partial charge in [0.1, 0.15) is 0 Å². The van der Waals surface area contributed by atoms with E-state index in [9.17, 15) is 57.3 Å². The summed E-state index contributed by atoms with van der Waals surface area (Å²) in [6, 6.07) is 0. The van der Waals surface area contributed by atoms with Crippen molar-refractivity contribution in [1.82, 2.24) is 0 Å². The Morgan fingerprint density at radius 3 is 0.880 bits per heavy atom. The van der Waals surface area contributed by atoms with Gasteiger partial charge in [0.15, 0.2) is 0 Å². The normalized spacial score (nSPS) is 16.3. The molecule has 25 heavy (non-hydrogen) atoms. The van der Waals surface area contributed by atoms with Gasteiger partial charge in [-0.1, -0.05) is 0 Å². The smallest absolute Gasteiger partial charge is 0.302 e. The minimum absolute atomic E-state index is 0.919. The summed E-state index contributed by atoms with van der Waals surface area (Å²) in [6.45, 7) is -1.84. The molecule has 4 nitrogen and oxygen atoms in total. The fourth-order valence-corrected chi connectivity index (χ4v) is 2.38. The Labute approximate surface area is 130 Å². The van der Waals surface area contributed by atoms with E-state index in [1.54, 1.807) is 0 Å². The van der Waals surface area contributed by atoms with Gasteiger partial charge in [-0.2, -0.15) is 52.7 Å². The zero-order chi connectivity index (χ0) is 20.9. The summed E-state index contributed by atoms with van der Waals surface area (Å²) in [7, 11) is -7.20. The molecule has 17 heteroatoms. The van der Waals surface area contributed by atoms with E-state index in [0.29, 0.717) is 0 Å². The molecule has 0 rings (SSSR count). The van der Waals surface area contributed by atoms with Crippen molar-refractivity contribution >= 4 is 7.82 Å². The molecule has 0 saturated carbocycles. The Hall–Kier alpha value is -0.730. The van der Waals surface area contributed by atoms with E-state index in [1.807, 2.05) is 0 Å². The number of hydrogen-bond donors (Lipinski definition) is 1. The maximum atomic E-state index is 12.5. The minimum Gasteiger partial charge on any atom is -0.302 e. The van der Waals surface area contributed by atoms with Gasteiger partial charge in [-0.05, 0) is 13.8 Å². The number of rotatable bonds is 4. The van der Waals surface area contributed by atoms with E-state index < -0.39 is 57.6 Å². The van der Waals surface area contributed by atoms with Gasteiger partial charge in [0.2, 0.25) is 0 Å². The molecule has 0 heterocycles. The number of phosphoric ester groups is 1. The van der Waals surface area contributed by atoms with E-state index in [1.165, 1.54) is 0 Å². The van der Waals surface area contributed by atoms with Gasteiger partial charge in [-0.15, -0.1) is 0 Å². The molecule has 0 amide bonds. The van der Waals surface area contributed by atoms with Crippen LogP contribution in [0.1, 0.15) is 13.8 Å². The Bertz CT molecular complexity index is 457. The van der Waals surface area contributed by atoms with Gasteiger partial charge in [0.25, 0.3) is 11.2 Å². The molecule has 0 atom stereocenters. The molecule has 0 saturated heterocycles. The van der Waals surface area contributed by atoms with Crippen LogP contribution in [0.4, 0.5) is 52.7 Å². The lowest BCUT2D eigenvalue weighted by Crippen LogP contribution is -2.58. The van der Waals surface area contributed by atoms with Crippen LogP contribution in [0.5, 0.6) is 0 Å². The zero-order valence-corrected chi connectivity index (χ0v) is 12.5. The fourth-order valence-electron chi connectivity index (χ4n) is 1.01. The number of phosphoric acid groups is 1. The molecule has 0 aromatic rings. The third-order valence-electron chi connectivity index (χ3n) is 2.76. The molecule has 0 fully saturated rings. The van der Waals surface area contributed by atoms with Gasteiger partial charge >= 0.3 is 32.5 Å². The van der Waals surface area contributed by atoms with Crippen LogP contribution in [-0.4, -0.2) is 40.8 Å². The molecule has 0 unspecified atom stereocenters. The molecule has 152 valence electrons. The van der Waals surface area contributed by atoms with Gasteiger partial charge in [-0.3, -0.25) is 9.05 Å². The lowest BCUT2D eigenvalue weighted by Gasteiger charge is -2.38. The first-order valence-corrected chi connectivity index (χ1v) is 6.92. The summed E-state index contributed by atoms with van der Waals surface area (Å²) in [6.07, 6.45) is -26.2. The van der Waals surface area contributed by atoms with E-state index in [2.05, 4.69) is 9.05 Å². The second-order valence-corrected chi connectivity index (χ2v) is 6.01. The third kappa shape index (κ3) is 4.71. The largest absolute Gasteiger partial charge is 0.474 e. The summed E-state index contributed by atoms with van der Waals surface area (Å²) in [5.74, 6) is 0. The summed E-state index contributed by atoms with van der Waals surface area (Å²) in [5, 5.41) is 0. The van der Waals surface area contributed by atoms with Crippen molar-refractivity contribution in [2.75, 3.05) is 0 Å². The first-order chi connectivity index (χ1) is 10.4. The standard InChI is InChI=1S/C8H7F12O4P/c1-3(5(9,10)11,6(12,13)14)23-25(21,22)24-4(2,7(15,16)17)8(18,19)20/h1-2H3,(H,21,22). The topological polar surface area (TPSA) is 55.8 Å².